The molecule has 0 spiro atoms. The quantitative estimate of drug-likeness (QED) is 0.675. The molecule has 6 heteroatoms. The third-order valence-electron chi connectivity index (χ3n) is 2.25. The molecule has 0 fully saturated rings. The van der Waals surface area contributed by atoms with E-state index < -0.39 is 0 Å². The predicted molar refractivity (Wildman–Crippen MR) is 74.4 cm³/mol. The maximum atomic E-state index is 8.76. The molecule has 0 saturated carbocycles. The highest BCUT2D eigenvalue weighted by molar-refractivity contribution is 6.45. The normalized spacial score (nSPS) is 10.2. The van der Waals surface area contributed by atoms with Gasteiger partial charge in [-0.15, -0.1) is 0 Å². The molecule has 90 valence electrons. The standard InChI is InChI=1S/C12H4Cl4N2/c13-7-2-8(12(16)10(15)3-7)6-1-9(14)11(4-17)18-5-6/h1-3,5H. The molecule has 18 heavy (non-hydrogen) atoms. The summed E-state index contributed by atoms with van der Waals surface area (Å²) in [7, 11) is 0. The summed E-state index contributed by atoms with van der Waals surface area (Å²) in [5.74, 6) is 0. The van der Waals surface area contributed by atoms with Crippen LogP contribution in [0.4, 0.5) is 0 Å². The van der Waals surface area contributed by atoms with E-state index in [-0.39, 0.29) is 10.7 Å². The lowest BCUT2D eigenvalue weighted by atomic mass is 10.1. The summed E-state index contributed by atoms with van der Waals surface area (Å²) in [6.07, 6.45) is 1.50. The number of benzene rings is 1. The fourth-order valence-electron chi connectivity index (χ4n) is 1.43. The summed E-state index contributed by atoms with van der Waals surface area (Å²) in [6, 6.07) is 6.69. The van der Waals surface area contributed by atoms with Crippen LogP contribution < -0.4 is 0 Å². The highest BCUT2D eigenvalue weighted by atomic mass is 35.5. The maximum absolute atomic E-state index is 8.76. The first-order valence-electron chi connectivity index (χ1n) is 4.73. The topological polar surface area (TPSA) is 36.7 Å². The summed E-state index contributed by atoms with van der Waals surface area (Å²) < 4.78 is 0. The molecule has 1 aromatic heterocycles. The third-order valence-corrected chi connectivity index (χ3v) is 3.56. The number of pyridine rings is 1. The number of aromatic nitrogens is 1. The van der Waals surface area contributed by atoms with Crippen molar-refractivity contribution < 1.29 is 0 Å². The first kappa shape index (κ1) is 13.5. The summed E-state index contributed by atoms with van der Waals surface area (Å²) in [5.41, 5.74) is 1.42. The summed E-state index contributed by atoms with van der Waals surface area (Å²) in [6.45, 7) is 0. The molecule has 2 nitrogen and oxygen atoms in total. The van der Waals surface area contributed by atoms with E-state index >= 15 is 0 Å². The van der Waals surface area contributed by atoms with Gasteiger partial charge in [-0.2, -0.15) is 5.26 Å². The SMILES string of the molecule is N#Cc1ncc(-c2cc(Cl)cc(Cl)c2Cl)cc1Cl. The minimum Gasteiger partial charge on any atom is -0.243 e. The van der Waals surface area contributed by atoms with E-state index in [2.05, 4.69) is 4.98 Å². The Kier molecular flexibility index (Phi) is 3.99. The lowest BCUT2D eigenvalue weighted by molar-refractivity contribution is 1.26. The third kappa shape index (κ3) is 2.55. The van der Waals surface area contributed by atoms with Gasteiger partial charge >= 0.3 is 0 Å². The molecular formula is C12H4Cl4N2. The summed E-state index contributed by atoms with van der Waals surface area (Å²) in [4.78, 5) is 3.94. The van der Waals surface area contributed by atoms with Gasteiger partial charge in [-0.1, -0.05) is 46.4 Å². The fourth-order valence-corrected chi connectivity index (χ4v) is 2.35. The molecule has 0 amide bonds. The lowest BCUT2D eigenvalue weighted by Crippen LogP contribution is -1.88. The number of hydrogen-bond donors (Lipinski definition) is 0. The number of halogens is 4. The van der Waals surface area contributed by atoms with Crippen molar-refractivity contribution in [2.24, 2.45) is 0 Å². The molecule has 1 heterocycles. The van der Waals surface area contributed by atoms with Crippen LogP contribution in [0.15, 0.2) is 24.4 Å². The summed E-state index contributed by atoms with van der Waals surface area (Å²) in [5, 5.41) is 10.2. The Labute approximate surface area is 124 Å². The van der Waals surface area contributed by atoms with Gasteiger partial charge in [0, 0.05) is 22.3 Å². The van der Waals surface area contributed by atoms with Crippen LogP contribution >= 0.6 is 46.4 Å². The molecule has 0 atom stereocenters. The Morgan fingerprint density at radius 3 is 2.33 bits per heavy atom. The van der Waals surface area contributed by atoms with Crippen LogP contribution in [0.25, 0.3) is 11.1 Å². The van der Waals surface area contributed by atoms with Gasteiger partial charge < -0.3 is 0 Å². The lowest BCUT2D eigenvalue weighted by Gasteiger charge is -2.07. The van der Waals surface area contributed by atoms with Crippen molar-refractivity contribution in [3.63, 3.8) is 0 Å². The minimum atomic E-state index is 0.157. The van der Waals surface area contributed by atoms with Crippen LogP contribution in [-0.2, 0) is 0 Å². The van der Waals surface area contributed by atoms with Crippen LogP contribution in [-0.4, -0.2) is 4.98 Å². The molecule has 0 N–H and O–H groups in total. The van der Waals surface area contributed by atoms with Crippen molar-refractivity contribution in [2.75, 3.05) is 0 Å². The van der Waals surface area contributed by atoms with Gasteiger partial charge in [-0.3, -0.25) is 0 Å². The second-order valence-corrected chi connectivity index (χ2v) is 5.04. The second kappa shape index (κ2) is 5.34. The smallest absolute Gasteiger partial charge is 0.159 e. The van der Waals surface area contributed by atoms with Gasteiger partial charge in [0.1, 0.15) is 6.07 Å². The van der Waals surface area contributed by atoms with Gasteiger partial charge in [0.15, 0.2) is 5.69 Å². The molecule has 0 bridgehead atoms. The van der Waals surface area contributed by atoms with Gasteiger partial charge in [-0.25, -0.2) is 4.98 Å². The predicted octanol–water partition coefficient (Wildman–Crippen LogP) is 5.23. The summed E-state index contributed by atoms with van der Waals surface area (Å²) >= 11 is 23.9. The van der Waals surface area contributed by atoms with Crippen LogP contribution in [0.5, 0.6) is 0 Å². The largest absolute Gasteiger partial charge is 0.243 e. The van der Waals surface area contributed by atoms with Crippen molar-refractivity contribution in [3.05, 3.63) is 50.2 Å². The molecule has 0 unspecified atom stereocenters. The van der Waals surface area contributed by atoms with Crippen LogP contribution in [0.2, 0.25) is 20.1 Å². The van der Waals surface area contributed by atoms with Gasteiger partial charge in [0.2, 0.25) is 0 Å². The van der Waals surface area contributed by atoms with Crippen molar-refractivity contribution in [3.8, 4) is 17.2 Å². The minimum absolute atomic E-state index is 0.157. The average molecular weight is 318 g/mol. The van der Waals surface area contributed by atoms with E-state index in [0.717, 1.165) is 0 Å². The van der Waals surface area contributed by atoms with Crippen molar-refractivity contribution in [1.29, 1.82) is 5.26 Å². The number of nitrogens with zero attached hydrogens (tertiary/aromatic N) is 2. The molecule has 1 aromatic carbocycles. The van der Waals surface area contributed by atoms with Crippen molar-refractivity contribution in [1.82, 2.24) is 4.98 Å². The molecule has 2 rings (SSSR count). The van der Waals surface area contributed by atoms with E-state index in [1.807, 2.05) is 6.07 Å². The van der Waals surface area contributed by atoms with Gasteiger partial charge in [0.25, 0.3) is 0 Å². The van der Waals surface area contributed by atoms with Crippen molar-refractivity contribution >= 4 is 46.4 Å². The van der Waals surface area contributed by atoms with E-state index in [0.29, 0.717) is 26.2 Å². The number of hydrogen-bond acceptors (Lipinski definition) is 2. The van der Waals surface area contributed by atoms with Gasteiger partial charge in [-0.05, 0) is 18.2 Å². The van der Waals surface area contributed by atoms with Crippen LogP contribution in [0.3, 0.4) is 0 Å². The Morgan fingerprint density at radius 1 is 1.00 bits per heavy atom. The zero-order valence-electron chi connectivity index (χ0n) is 8.72. The fraction of sp³-hybridized carbons (Fsp3) is 0. The molecule has 0 aliphatic carbocycles. The average Bonchev–Trinajstić information content (AvgIpc) is 2.33. The second-order valence-electron chi connectivity index (χ2n) is 3.42. The number of nitriles is 1. The Morgan fingerprint density at radius 2 is 1.72 bits per heavy atom. The Hall–Kier alpha value is -0.980. The molecule has 2 aromatic rings. The Bertz CT molecular complexity index is 662. The zero-order chi connectivity index (χ0) is 13.3. The molecular weight excluding hydrogens is 314 g/mol. The first-order valence-corrected chi connectivity index (χ1v) is 6.24. The maximum Gasteiger partial charge on any atom is 0.159 e. The molecule has 0 aliphatic rings. The van der Waals surface area contributed by atoms with Gasteiger partial charge in [0.05, 0.1) is 15.1 Å². The van der Waals surface area contributed by atoms with E-state index in [9.17, 15) is 0 Å². The monoisotopic (exact) mass is 316 g/mol. The number of rotatable bonds is 1. The van der Waals surface area contributed by atoms with E-state index in [1.54, 1.807) is 18.2 Å². The van der Waals surface area contributed by atoms with Crippen LogP contribution in [0, 0.1) is 11.3 Å². The zero-order valence-corrected chi connectivity index (χ0v) is 11.7. The first-order chi connectivity index (χ1) is 8.52. The van der Waals surface area contributed by atoms with Crippen LogP contribution in [0.1, 0.15) is 5.69 Å². The highest BCUT2D eigenvalue weighted by Crippen LogP contribution is 2.37. The molecule has 0 radical (unpaired) electrons. The van der Waals surface area contributed by atoms with E-state index in [4.69, 9.17) is 51.7 Å². The van der Waals surface area contributed by atoms with Crippen molar-refractivity contribution in [2.45, 2.75) is 0 Å². The Balaban J connectivity index is 2.63. The molecule has 0 saturated heterocycles. The van der Waals surface area contributed by atoms with E-state index in [1.165, 1.54) is 6.20 Å². The highest BCUT2D eigenvalue weighted by Gasteiger charge is 2.11. The molecule has 0 aliphatic heterocycles.